The highest BCUT2D eigenvalue weighted by atomic mass is 16.3. The summed E-state index contributed by atoms with van der Waals surface area (Å²) in [6.45, 7) is 0.633. The van der Waals surface area contributed by atoms with Gasteiger partial charge in [0.15, 0.2) is 5.78 Å². The SMILES string of the molecule is O=C(/C=C/c1cn(Cc2ccccc2)nc1-c1cccnc1)c1ccc(O)cc1. The maximum Gasteiger partial charge on any atom is 0.185 e. The van der Waals surface area contributed by atoms with Crippen LogP contribution in [0.2, 0.25) is 0 Å². The van der Waals surface area contributed by atoms with Gasteiger partial charge in [0, 0.05) is 35.3 Å². The van der Waals surface area contributed by atoms with Crippen molar-refractivity contribution in [1.82, 2.24) is 14.8 Å². The Morgan fingerprint density at radius 1 is 1.00 bits per heavy atom. The number of carbonyl (C=O) groups excluding carboxylic acids is 1. The number of hydrogen-bond acceptors (Lipinski definition) is 4. The molecule has 2 heterocycles. The van der Waals surface area contributed by atoms with Crippen molar-refractivity contribution in [2.45, 2.75) is 6.54 Å². The zero-order valence-electron chi connectivity index (χ0n) is 15.6. The summed E-state index contributed by atoms with van der Waals surface area (Å²) in [5.74, 6) is -0.00970. The van der Waals surface area contributed by atoms with Gasteiger partial charge in [-0.15, -0.1) is 0 Å². The Balaban J connectivity index is 1.65. The van der Waals surface area contributed by atoms with E-state index in [4.69, 9.17) is 5.10 Å². The number of nitrogens with zero attached hydrogens (tertiary/aromatic N) is 3. The van der Waals surface area contributed by atoms with Crippen LogP contribution >= 0.6 is 0 Å². The van der Waals surface area contributed by atoms with Gasteiger partial charge in [-0.1, -0.05) is 30.3 Å². The number of hydrogen-bond donors (Lipinski definition) is 1. The highest BCUT2D eigenvalue weighted by Gasteiger charge is 2.11. The van der Waals surface area contributed by atoms with Crippen LogP contribution in [0, 0.1) is 0 Å². The van der Waals surface area contributed by atoms with E-state index in [2.05, 4.69) is 17.1 Å². The molecule has 142 valence electrons. The second kappa shape index (κ2) is 8.35. The molecule has 4 rings (SSSR count). The first-order chi connectivity index (χ1) is 14.2. The zero-order valence-corrected chi connectivity index (χ0v) is 15.6. The van der Waals surface area contributed by atoms with Crippen molar-refractivity contribution in [3.05, 3.63) is 108 Å². The average molecular weight is 381 g/mol. The van der Waals surface area contributed by atoms with E-state index >= 15 is 0 Å². The molecule has 0 atom stereocenters. The summed E-state index contributed by atoms with van der Waals surface area (Å²) in [5, 5.41) is 14.1. The third-order valence-corrected chi connectivity index (χ3v) is 4.48. The maximum atomic E-state index is 12.5. The standard InChI is InChI=1S/C24H19N3O2/c28-22-11-8-19(9-12-22)23(29)13-10-21-17-27(16-18-5-2-1-3-6-18)26-24(21)20-7-4-14-25-15-20/h1-15,17,28H,16H2/b13-10+. The Morgan fingerprint density at radius 3 is 2.52 bits per heavy atom. The lowest BCUT2D eigenvalue weighted by atomic mass is 10.1. The van der Waals surface area contributed by atoms with Crippen LogP contribution < -0.4 is 0 Å². The molecule has 0 aliphatic carbocycles. The highest BCUT2D eigenvalue weighted by Crippen LogP contribution is 2.23. The molecule has 0 amide bonds. The minimum atomic E-state index is -0.141. The van der Waals surface area contributed by atoms with E-state index in [1.165, 1.54) is 18.2 Å². The monoisotopic (exact) mass is 381 g/mol. The number of aromatic hydroxyl groups is 1. The van der Waals surface area contributed by atoms with E-state index < -0.39 is 0 Å². The molecule has 2 aromatic carbocycles. The molecule has 0 fully saturated rings. The molecule has 5 nitrogen and oxygen atoms in total. The minimum absolute atomic E-state index is 0.131. The third-order valence-electron chi connectivity index (χ3n) is 4.48. The Morgan fingerprint density at radius 2 is 1.79 bits per heavy atom. The molecule has 0 saturated carbocycles. The van der Waals surface area contributed by atoms with Crippen LogP contribution in [-0.4, -0.2) is 25.7 Å². The van der Waals surface area contributed by atoms with Gasteiger partial charge in [0.2, 0.25) is 0 Å². The van der Waals surface area contributed by atoms with E-state index in [0.29, 0.717) is 12.1 Å². The number of rotatable bonds is 6. The largest absolute Gasteiger partial charge is 0.508 e. The number of carbonyl (C=O) groups is 1. The lowest BCUT2D eigenvalue weighted by Gasteiger charge is -2.01. The molecule has 0 spiro atoms. The van der Waals surface area contributed by atoms with Crippen molar-refractivity contribution in [3.63, 3.8) is 0 Å². The van der Waals surface area contributed by atoms with Crippen molar-refractivity contribution >= 4 is 11.9 Å². The van der Waals surface area contributed by atoms with Gasteiger partial charge in [0.25, 0.3) is 0 Å². The fourth-order valence-corrected chi connectivity index (χ4v) is 3.02. The molecule has 1 N–H and O–H groups in total. The van der Waals surface area contributed by atoms with Crippen molar-refractivity contribution < 1.29 is 9.90 Å². The van der Waals surface area contributed by atoms with Crippen molar-refractivity contribution in [3.8, 4) is 17.0 Å². The molecule has 4 aromatic rings. The van der Waals surface area contributed by atoms with Gasteiger partial charge in [-0.2, -0.15) is 5.10 Å². The van der Waals surface area contributed by atoms with Gasteiger partial charge in [-0.25, -0.2) is 0 Å². The molecular formula is C24H19N3O2. The van der Waals surface area contributed by atoms with Gasteiger partial charge < -0.3 is 5.11 Å². The van der Waals surface area contributed by atoms with Gasteiger partial charge in [-0.05, 0) is 54.1 Å². The predicted molar refractivity (Wildman–Crippen MR) is 112 cm³/mol. The molecule has 29 heavy (non-hydrogen) atoms. The lowest BCUT2D eigenvalue weighted by Crippen LogP contribution is -2.00. The number of pyridine rings is 1. The molecule has 0 saturated heterocycles. The van der Waals surface area contributed by atoms with Crippen LogP contribution in [0.15, 0.2) is 91.4 Å². The van der Waals surface area contributed by atoms with Gasteiger partial charge in [-0.3, -0.25) is 14.5 Å². The fraction of sp³-hybridized carbons (Fsp3) is 0.0417. The first-order valence-corrected chi connectivity index (χ1v) is 9.22. The average Bonchev–Trinajstić information content (AvgIpc) is 3.16. The normalized spacial score (nSPS) is 11.0. The first-order valence-electron chi connectivity index (χ1n) is 9.22. The predicted octanol–water partition coefficient (Wildman–Crippen LogP) is 4.60. The van der Waals surface area contributed by atoms with E-state index in [9.17, 15) is 9.90 Å². The lowest BCUT2D eigenvalue weighted by molar-refractivity contribution is 0.104. The van der Waals surface area contributed by atoms with Crippen molar-refractivity contribution in [2.75, 3.05) is 0 Å². The number of allylic oxidation sites excluding steroid dienone is 1. The third kappa shape index (κ3) is 4.47. The van der Waals surface area contributed by atoms with E-state index in [-0.39, 0.29) is 11.5 Å². The van der Waals surface area contributed by atoms with Crippen LogP contribution in [0.1, 0.15) is 21.5 Å². The van der Waals surface area contributed by atoms with E-state index in [1.54, 1.807) is 30.6 Å². The van der Waals surface area contributed by atoms with Crippen LogP contribution in [0.3, 0.4) is 0 Å². The Hall–Kier alpha value is -3.99. The quantitative estimate of drug-likeness (QED) is 0.392. The summed E-state index contributed by atoms with van der Waals surface area (Å²) in [6.07, 6.45) is 8.70. The fourth-order valence-electron chi connectivity index (χ4n) is 3.02. The smallest absolute Gasteiger partial charge is 0.185 e. The van der Waals surface area contributed by atoms with Gasteiger partial charge in [0.1, 0.15) is 11.4 Å². The number of benzene rings is 2. The minimum Gasteiger partial charge on any atom is -0.508 e. The number of phenols is 1. The topological polar surface area (TPSA) is 68.0 Å². The highest BCUT2D eigenvalue weighted by molar-refractivity contribution is 6.07. The Bertz CT molecular complexity index is 1130. The van der Waals surface area contributed by atoms with Crippen LogP contribution in [0.5, 0.6) is 5.75 Å². The summed E-state index contributed by atoms with van der Waals surface area (Å²) in [5.41, 5.74) is 4.14. The molecule has 0 aliphatic rings. The first kappa shape index (κ1) is 18.4. The second-order valence-corrected chi connectivity index (χ2v) is 6.60. The van der Waals surface area contributed by atoms with Crippen LogP contribution in [-0.2, 0) is 6.54 Å². The molecule has 2 aromatic heterocycles. The van der Waals surface area contributed by atoms with E-state index in [1.807, 2.05) is 41.2 Å². The Kier molecular flexibility index (Phi) is 5.29. The summed E-state index contributed by atoms with van der Waals surface area (Å²) >= 11 is 0. The summed E-state index contributed by atoms with van der Waals surface area (Å²) < 4.78 is 1.86. The van der Waals surface area contributed by atoms with Crippen LogP contribution in [0.4, 0.5) is 0 Å². The van der Waals surface area contributed by atoms with Gasteiger partial charge >= 0.3 is 0 Å². The zero-order chi connectivity index (χ0) is 20.1. The number of aromatic nitrogens is 3. The molecule has 0 unspecified atom stereocenters. The molecule has 5 heteroatoms. The van der Waals surface area contributed by atoms with Crippen molar-refractivity contribution in [1.29, 1.82) is 0 Å². The molecule has 0 radical (unpaired) electrons. The maximum absolute atomic E-state index is 12.5. The van der Waals surface area contributed by atoms with Gasteiger partial charge in [0.05, 0.1) is 6.54 Å². The van der Waals surface area contributed by atoms with Crippen molar-refractivity contribution in [2.24, 2.45) is 0 Å². The number of phenolic OH excluding ortho intramolecular Hbond substituents is 1. The van der Waals surface area contributed by atoms with Crippen LogP contribution in [0.25, 0.3) is 17.3 Å². The molecule has 0 bridgehead atoms. The number of ketones is 1. The molecular weight excluding hydrogens is 362 g/mol. The summed E-state index contributed by atoms with van der Waals surface area (Å²) in [7, 11) is 0. The summed E-state index contributed by atoms with van der Waals surface area (Å²) in [4.78, 5) is 16.6. The Labute approximate surface area is 168 Å². The van der Waals surface area contributed by atoms with E-state index in [0.717, 1.165) is 22.4 Å². The second-order valence-electron chi connectivity index (χ2n) is 6.60. The molecule has 0 aliphatic heterocycles. The summed E-state index contributed by atoms with van der Waals surface area (Å²) in [6, 6.07) is 20.1.